The average molecular weight is 261 g/mol. The largest absolute Gasteiger partial charge is 0.327 e. The summed E-state index contributed by atoms with van der Waals surface area (Å²) in [6, 6.07) is 7.51. The molecule has 5 heteroatoms. The van der Waals surface area contributed by atoms with Gasteiger partial charge in [0.25, 0.3) is 0 Å². The van der Waals surface area contributed by atoms with E-state index >= 15 is 0 Å². The topological polar surface area (TPSA) is 68.0 Å². The molecule has 3 N–H and O–H groups in total. The summed E-state index contributed by atoms with van der Waals surface area (Å²) in [6.45, 7) is 1.81. The molecule has 1 unspecified atom stereocenters. The second kappa shape index (κ2) is 5.75. The van der Waals surface area contributed by atoms with Crippen LogP contribution in [0.2, 0.25) is 0 Å². The van der Waals surface area contributed by atoms with Crippen LogP contribution in [0.4, 0.5) is 5.69 Å². The summed E-state index contributed by atoms with van der Waals surface area (Å²) in [6.07, 6.45) is 2.09. The van der Waals surface area contributed by atoms with Crippen LogP contribution in [0.5, 0.6) is 0 Å². The molecule has 18 heavy (non-hydrogen) atoms. The van der Waals surface area contributed by atoms with Crippen molar-refractivity contribution in [2.45, 2.75) is 19.4 Å². The highest BCUT2D eigenvalue weighted by molar-refractivity contribution is 7.13. The molecular formula is C13H15N3OS. The van der Waals surface area contributed by atoms with Gasteiger partial charge in [0.1, 0.15) is 5.01 Å². The zero-order valence-electron chi connectivity index (χ0n) is 10.1. The Morgan fingerprint density at radius 2 is 2.39 bits per heavy atom. The van der Waals surface area contributed by atoms with Crippen molar-refractivity contribution in [2.75, 3.05) is 5.32 Å². The third-order valence-electron chi connectivity index (χ3n) is 2.33. The number of benzene rings is 1. The van der Waals surface area contributed by atoms with Crippen LogP contribution in [0.1, 0.15) is 13.3 Å². The van der Waals surface area contributed by atoms with E-state index in [4.69, 9.17) is 5.73 Å². The van der Waals surface area contributed by atoms with Gasteiger partial charge < -0.3 is 11.1 Å². The molecule has 0 aliphatic heterocycles. The third-order valence-corrected chi connectivity index (χ3v) is 3.16. The number of nitrogens with zero attached hydrogens (tertiary/aromatic N) is 1. The van der Waals surface area contributed by atoms with Crippen LogP contribution in [0.15, 0.2) is 35.8 Å². The van der Waals surface area contributed by atoms with Crippen LogP contribution < -0.4 is 11.1 Å². The van der Waals surface area contributed by atoms with Gasteiger partial charge in [-0.3, -0.25) is 4.79 Å². The second-order valence-corrected chi connectivity index (χ2v) is 5.04. The van der Waals surface area contributed by atoms with Crippen molar-refractivity contribution < 1.29 is 4.79 Å². The maximum absolute atomic E-state index is 11.6. The highest BCUT2D eigenvalue weighted by Gasteiger charge is 2.07. The Balaban J connectivity index is 2.11. The molecule has 0 radical (unpaired) electrons. The number of amides is 1. The van der Waals surface area contributed by atoms with Crippen LogP contribution in [-0.4, -0.2) is 16.9 Å². The highest BCUT2D eigenvalue weighted by Crippen LogP contribution is 2.24. The number of anilines is 1. The van der Waals surface area contributed by atoms with Crippen LogP contribution in [0.3, 0.4) is 0 Å². The molecule has 1 aromatic heterocycles. The molecule has 0 saturated heterocycles. The molecule has 0 spiro atoms. The van der Waals surface area contributed by atoms with Crippen molar-refractivity contribution in [3.05, 3.63) is 35.8 Å². The fourth-order valence-electron chi connectivity index (χ4n) is 1.60. The molecule has 1 amide bonds. The number of carbonyl (C=O) groups excluding carboxylic acids is 1. The van der Waals surface area contributed by atoms with Crippen LogP contribution in [0, 0.1) is 0 Å². The molecule has 1 aromatic carbocycles. The van der Waals surface area contributed by atoms with Gasteiger partial charge in [0.15, 0.2) is 0 Å². The molecule has 1 heterocycles. The lowest BCUT2D eigenvalue weighted by Crippen LogP contribution is -2.23. The standard InChI is InChI=1S/C13H15N3OS/c1-9(14)7-12(17)16-11-4-2-3-10(8-11)13-15-5-6-18-13/h2-6,8-9H,7,14H2,1H3,(H,16,17). The van der Waals surface area contributed by atoms with Crippen LogP contribution >= 0.6 is 11.3 Å². The predicted molar refractivity (Wildman–Crippen MR) is 74.4 cm³/mol. The van der Waals surface area contributed by atoms with Gasteiger partial charge in [0.2, 0.25) is 5.91 Å². The van der Waals surface area contributed by atoms with Crippen molar-refractivity contribution in [1.82, 2.24) is 4.98 Å². The fourth-order valence-corrected chi connectivity index (χ4v) is 2.24. The average Bonchev–Trinajstić information content (AvgIpc) is 2.81. The van der Waals surface area contributed by atoms with Crippen LogP contribution in [0.25, 0.3) is 10.6 Å². The van der Waals surface area contributed by atoms with E-state index < -0.39 is 0 Å². The number of aromatic nitrogens is 1. The molecule has 2 aromatic rings. The minimum atomic E-state index is -0.132. The van der Waals surface area contributed by atoms with Crippen molar-refractivity contribution in [3.8, 4) is 10.6 Å². The van der Waals surface area contributed by atoms with E-state index in [1.54, 1.807) is 17.5 Å². The minimum Gasteiger partial charge on any atom is -0.327 e. The molecule has 1 atom stereocenters. The van der Waals surface area contributed by atoms with E-state index in [2.05, 4.69) is 10.3 Å². The van der Waals surface area contributed by atoms with E-state index in [0.717, 1.165) is 16.3 Å². The molecule has 94 valence electrons. The zero-order valence-corrected chi connectivity index (χ0v) is 10.9. The lowest BCUT2D eigenvalue weighted by atomic mass is 10.2. The lowest BCUT2D eigenvalue weighted by molar-refractivity contribution is -0.116. The first-order valence-corrected chi connectivity index (χ1v) is 6.58. The number of nitrogens with two attached hydrogens (primary N) is 1. The van der Waals surface area contributed by atoms with Gasteiger partial charge in [-0.1, -0.05) is 12.1 Å². The van der Waals surface area contributed by atoms with E-state index in [9.17, 15) is 4.79 Å². The Morgan fingerprint density at radius 3 is 3.06 bits per heavy atom. The van der Waals surface area contributed by atoms with Crippen molar-refractivity contribution in [1.29, 1.82) is 0 Å². The second-order valence-electron chi connectivity index (χ2n) is 4.15. The number of hydrogen-bond donors (Lipinski definition) is 2. The molecule has 0 saturated carbocycles. The normalized spacial score (nSPS) is 12.1. The van der Waals surface area contributed by atoms with Gasteiger partial charge in [0.05, 0.1) is 0 Å². The summed E-state index contributed by atoms with van der Waals surface area (Å²) < 4.78 is 0. The van der Waals surface area contributed by atoms with E-state index in [-0.39, 0.29) is 11.9 Å². The third kappa shape index (κ3) is 3.38. The summed E-state index contributed by atoms with van der Waals surface area (Å²) in [4.78, 5) is 15.9. The Hall–Kier alpha value is -1.72. The summed E-state index contributed by atoms with van der Waals surface area (Å²) in [5.41, 5.74) is 7.36. The molecule has 2 rings (SSSR count). The van der Waals surface area contributed by atoms with Crippen molar-refractivity contribution in [2.24, 2.45) is 5.73 Å². The molecule has 4 nitrogen and oxygen atoms in total. The lowest BCUT2D eigenvalue weighted by Gasteiger charge is -2.08. The number of nitrogens with one attached hydrogen (secondary N) is 1. The Labute approximate surface area is 110 Å². The monoisotopic (exact) mass is 261 g/mol. The summed E-state index contributed by atoms with van der Waals surface area (Å²) in [5.74, 6) is -0.0683. The molecule has 0 aliphatic carbocycles. The fraction of sp³-hybridized carbons (Fsp3) is 0.231. The maximum Gasteiger partial charge on any atom is 0.225 e. The van der Waals surface area contributed by atoms with Crippen molar-refractivity contribution in [3.63, 3.8) is 0 Å². The molecule has 0 aliphatic rings. The Kier molecular flexibility index (Phi) is 4.07. The number of hydrogen-bond acceptors (Lipinski definition) is 4. The first-order chi connectivity index (χ1) is 8.65. The van der Waals surface area contributed by atoms with Gasteiger partial charge in [-0.25, -0.2) is 4.98 Å². The van der Waals surface area contributed by atoms with Gasteiger partial charge in [-0.2, -0.15) is 0 Å². The summed E-state index contributed by atoms with van der Waals surface area (Å²) in [7, 11) is 0. The first-order valence-electron chi connectivity index (χ1n) is 5.70. The molecule has 0 bridgehead atoms. The van der Waals surface area contributed by atoms with E-state index in [1.165, 1.54) is 0 Å². The number of rotatable bonds is 4. The smallest absolute Gasteiger partial charge is 0.225 e. The Bertz CT molecular complexity index is 523. The number of carbonyl (C=O) groups is 1. The van der Waals surface area contributed by atoms with Crippen molar-refractivity contribution >= 4 is 22.9 Å². The molecule has 0 fully saturated rings. The van der Waals surface area contributed by atoms with Gasteiger partial charge in [-0.15, -0.1) is 11.3 Å². The van der Waals surface area contributed by atoms with E-state index in [1.807, 2.05) is 36.6 Å². The van der Waals surface area contributed by atoms with E-state index in [0.29, 0.717) is 6.42 Å². The minimum absolute atomic E-state index is 0.0683. The summed E-state index contributed by atoms with van der Waals surface area (Å²) in [5, 5.41) is 5.70. The molecular weight excluding hydrogens is 246 g/mol. The van der Waals surface area contributed by atoms with Gasteiger partial charge in [-0.05, 0) is 19.1 Å². The predicted octanol–water partition coefficient (Wildman–Crippen LogP) is 2.49. The maximum atomic E-state index is 11.6. The quantitative estimate of drug-likeness (QED) is 0.888. The SMILES string of the molecule is CC(N)CC(=O)Nc1cccc(-c2nccs2)c1. The van der Waals surface area contributed by atoms with Gasteiger partial charge in [0, 0.05) is 35.3 Å². The highest BCUT2D eigenvalue weighted by atomic mass is 32.1. The number of thiazole rings is 1. The van der Waals surface area contributed by atoms with Gasteiger partial charge >= 0.3 is 0 Å². The zero-order chi connectivity index (χ0) is 13.0. The van der Waals surface area contributed by atoms with Crippen LogP contribution in [-0.2, 0) is 4.79 Å². The first kappa shape index (κ1) is 12.7. The summed E-state index contributed by atoms with van der Waals surface area (Å²) >= 11 is 1.57. The Morgan fingerprint density at radius 1 is 1.56 bits per heavy atom.